The van der Waals surface area contributed by atoms with Crippen molar-refractivity contribution in [3.05, 3.63) is 27.9 Å². The van der Waals surface area contributed by atoms with Crippen molar-refractivity contribution in [2.75, 3.05) is 6.61 Å². The fourth-order valence-corrected chi connectivity index (χ4v) is 1.03. The zero-order chi connectivity index (χ0) is 14.6. The lowest BCUT2D eigenvalue weighted by Crippen LogP contribution is -2.20. The first-order valence-electron chi connectivity index (χ1n) is 4.56. The molecule has 0 radical (unpaired) electrons. The van der Waals surface area contributed by atoms with Crippen LogP contribution >= 0.6 is 0 Å². The van der Waals surface area contributed by atoms with Crippen LogP contribution < -0.4 is 10.5 Å². The molecule has 1 aromatic heterocycles. The second kappa shape index (κ2) is 5.37. The molecule has 11 heteroatoms. The summed E-state index contributed by atoms with van der Waals surface area (Å²) in [4.78, 5) is 13.0. The zero-order valence-corrected chi connectivity index (χ0v) is 9.09. The molecule has 0 saturated carbocycles. The summed E-state index contributed by atoms with van der Waals surface area (Å²) in [6.45, 7) is -1.72. The first kappa shape index (κ1) is 14.5. The van der Waals surface area contributed by atoms with Gasteiger partial charge >= 0.3 is 11.9 Å². The molecule has 0 aliphatic rings. The number of alkyl halides is 3. The first-order valence-corrected chi connectivity index (χ1v) is 4.56. The van der Waals surface area contributed by atoms with E-state index in [2.05, 4.69) is 14.9 Å². The summed E-state index contributed by atoms with van der Waals surface area (Å²) in [6.07, 6.45) is -3.77. The Morgan fingerprint density at radius 2 is 2.26 bits per heavy atom. The molecule has 0 unspecified atom stereocenters. The second-order valence-electron chi connectivity index (χ2n) is 3.19. The van der Waals surface area contributed by atoms with Crippen LogP contribution in [-0.4, -0.2) is 33.7 Å². The van der Waals surface area contributed by atoms with Gasteiger partial charge in [0.1, 0.15) is 0 Å². The summed E-state index contributed by atoms with van der Waals surface area (Å²) < 4.78 is 40.0. The molecule has 0 aliphatic carbocycles. The molecule has 1 heterocycles. The van der Waals surface area contributed by atoms with Gasteiger partial charge in [0.15, 0.2) is 12.4 Å². The van der Waals surface area contributed by atoms with Crippen molar-refractivity contribution in [1.29, 1.82) is 0 Å². The summed E-state index contributed by atoms with van der Waals surface area (Å²) >= 11 is 0. The maximum Gasteiger partial charge on any atom is 0.422 e. The zero-order valence-electron chi connectivity index (χ0n) is 9.09. The van der Waals surface area contributed by atoms with Crippen LogP contribution in [0.25, 0.3) is 0 Å². The third-order valence-corrected chi connectivity index (χ3v) is 1.80. The second-order valence-corrected chi connectivity index (χ2v) is 3.19. The van der Waals surface area contributed by atoms with Crippen molar-refractivity contribution in [2.24, 2.45) is 10.9 Å². The van der Waals surface area contributed by atoms with Gasteiger partial charge in [-0.1, -0.05) is 5.16 Å². The van der Waals surface area contributed by atoms with E-state index in [-0.39, 0.29) is 5.56 Å². The smallest absolute Gasteiger partial charge is 0.422 e. The van der Waals surface area contributed by atoms with Crippen LogP contribution in [0.5, 0.6) is 5.88 Å². The first-order chi connectivity index (χ1) is 8.74. The highest BCUT2D eigenvalue weighted by atomic mass is 19.4. The average molecular weight is 280 g/mol. The molecular formula is C8H7F3N4O4. The fraction of sp³-hybridized carbons (Fsp3) is 0.250. The highest BCUT2D eigenvalue weighted by Gasteiger charge is 2.30. The number of oxime groups is 1. The molecule has 0 saturated heterocycles. The number of aromatic nitrogens is 1. The Kier molecular flexibility index (Phi) is 4.09. The van der Waals surface area contributed by atoms with E-state index >= 15 is 0 Å². The van der Waals surface area contributed by atoms with Crippen LogP contribution in [0.1, 0.15) is 5.56 Å². The SMILES string of the molecule is NC(=NO)c1cnc(OCC(F)(F)F)c([N+](=O)[O-])c1. The number of ether oxygens (including phenoxy) is 1. The number of hydrogen-bond donors (Lipinski definition) is 2. The van der Waals surface area contributed by atoms with Gasteiger partial charge in [0.2, 0.25) is 0 Å². The number of nitro groups is 1. The lowest BCUT2D eigenvalue weighted by Gasteiger charge is -2.08. The van der Waals surface area contributed by atoms with Crippen LogP contribution in [0.2, 0.25) is 0 Å². The normalized spacial score (nSPS) is 12.3. The monoisotopic (exact) mass is 280 g/mol. The van der Waals surface area contributed by atoms with E-state index in [0.717, 1.165) is 12.3 Å². The van der Waals surface area contributed by atoms with Crippen molar-refractivity contribution in [3.8, 4) is 5.88 Å². The number of pyridine rings is 1. The summed E-state index contributed by atoms with van der Waals surface area (Å²) in [6, 6.07) is 0.785. The fourth-order valence-electron chi connectivity index (χ4n) is 1.03. The van der Waals surface area contributed by atoms with E-state index in [0.29, 0.717) is 0 Å². The van der Waals surface area contributed by atoms with Gasteiger partial charge in [-0.15, -0.1) is 0 Å². The Bertz CT molecular complexity index is 517. The van der Waals surface area contributed by atoms with E-state index in [9.17, 15) is 23.3 Å². The molecule has 19 heavy (non-hydrogen) atoms. The van der Waals surface area contributed by atoms with Crippen molar-refractivity contribution in [2.45, 2.75) is 6.18 Å². The average Bonchev–Trinajstić information content (AvgIpc) is 2.34. The van der Waals surface area contributed by atoms with Gasteiger partial charge in [-0.05, 0) is 0 Å². The minimum Gasteiger partial charge on any atom is -0.463 e. The molecule has 0 atom stereocenters. The van der Waals surface area contributed by atoms with Crippen LogP contribution in [0.3, 0.4) is 0 Å². The summed E-state index contributed by atoms with van der Waals surface area (Å²) in [5, 5.41) is 21.6. The molecule has 3 N–H and O–H groups in total. The largest absolute Gasteiger partial charge is 0.463 e. The predicted molar refractivity (Wildman–Crippen MR) is 55.0 cm³/mol. The van der Waals surface area contributed by atoms with E-state index < -0.39 is 35.1 Å². The Morgan fingerprint density at radius 1 is 1.63 bits per heavy atom. The molecule has 1 aromatic rings. The van der Waals surface area contributed by atoms with Gasteiger partial charge in [0.25, 0.3) is 5.88 Å². The van der Waals surface area contributed by atoms with Crippen molar-refractivity contribution < 1.29 is 28.0 Å². The lowest BCUT2D eigenvalue weighted by atomic mass is 10.2. The van der Waals surface area contributed by atoms with Crippen LogP contribution in [0.15, 0.2) is 17.4 Å². The molecule has 0 fully saturated rings. The van der Waals surface area contributed by atoms with Gasteiger partial charge in [-0.25, -0.2) is 4.98 Å². The van der Waals surface area contributed by atoms with E-state index in [1.807, 2.05) is 0 Å². The Morgan fingerprint density at radius 3 is 2.74 bits per heavy atom. The third-order valence-electron chi connectivity index (χ3n) is 1.80. The highest BCUT2D eigenvalue weighted by molar-refractivity contribution is 5.97. The van der Waals surface area contributed by atoms with Crippen molar-refractivity contribution >= 4 is 11.5 Å². The third kappa shape index (κ3) is 3.97. The molecule has 0 aromatic carbocycles. The Balaban J connectivity index is 3.09. The number of halogens is 3. The minimum atomic E-state index is -4.65. The molecule has 104 valence electrons. The van der Waals surface area contributed by atoms with Crippen molar-refractivity contribution in [1.82, 2.24) is 4.98 Å². The summed E-state index contributed by atoms with van der Waals surface area (Å²) in [5.41, 5.74) is 4.22. The van der Waals surface area contributed by atoms with Gasteiger partial charge in [-0.2, -0.15) is 13.2 Å². The molecular weight excluding hydrogens is 273 g/mol. The topological polar surface area (TPSA) is 124 Å². The maximum absolute atomic E-state index is 11.9. The highest BCUT2D eigenvalue weighted by Crippen LogP contribution is 2.27. The van der Waals surface area contributed by atoms with E-state index in [1.165, 1.54) is 0 Å². The summed E-state index contributed by atoms with van der Waals surface area (Å²) in [5.74, 6) is -1.28. The quantitative estimate of drug-likeness (QED) is 0.279. The standard InChI is InChI=1S/C8H7F3N4O4/c9-8(10,11)3-19-7-5(15(17)18)1-4(2-13-7)6(12)14-16/h1-2,16H,3H2,(H2,12,14). The number of rotatable bonds is 4. The number of amidine groups is 1. The van der Waals surface area contributed by atoms with E-state index in [4.69, 9.17) is 10.9 Å². The Hall–Kier alpha value is -2.59. The van der Waals surface area contributed by atoms with Crippen LogP contribution in [0, 0.1) is 10.1 Å². The van der Waals surface area contributed by atoms with Gasteiger partial charge in [0.05, 0.1) is 4.92 Å². The minimum absolute atomic E-state index is 0.131. The van der Waals surface area contributed by atoms with Crippen molar-refractivity contribution in [3.63, 3.8) is 0 Å². The molecule has 0 amide bonds. The number of hydrogen-bond acceptors (Lipinski definition) is 6. The lowest BCUT2D eigenvalue weighted by molar-refractivity contribution is -0.386. The molecule has 0 spiro atoms. The van der Waals surface area contributed by atoms with Crippen LogP contribution in [-0.2, 0) is 0 Å². The maximum atomic E-state index is 11.9. The van der Waals surface area contributed by atoms with E-state index in [1.54, 1.807) is 0 Å². The number of nitrogens with zero attached hydrogens (tertiary/aromatic N) is 3. The summed E-state index contributed by atoms with van der Waals surface area (Å²) in [7, 11) is 0. The van der Waals surface area contributed by atoms with Gasteiger partial charge in [0, 0.05) is 17.8 Å². The number of nitrogens with two attached hydrogens (primary N) is 1. The molecule has 0 aliphatic heterocycles. The van der Waals surface area contributed by atoms with Crippen LogP contribution in [0.4, 0.5) is 18.9 Å². The molecule has 8 nitrogen and oxygen atoms in total. The predicted octanol–water partition coefficient (Wildman–Crippen LogP) is 1.03. The van der Waals surface area contributed by atoms with Gasteiger partial charge in [-0.3, -0.25) is 10.1 Å². The van der Waals surface area contributed by atoms with Gasteiger partial charge < -0.3 is 15.7 Å². The molecule has 1 rings (SSSR count). The Labute approximate surface area is 103 Å². The molecule has 0 bridgehead atoms.